The molecule has 0 spiro atoms. The van der Waals surface area contributed by atoms with E-state index in [0.29, 0.717) is 6.42 Å². The highest BCUT2D eigenvalue weighted by atomic mass is 16.3. The number of aliphatic hydroxyl groups is 1. The van der Waals surface area contributed by atoms with E-state index in [1.54, 1.807) is 6.08 Å². The molecule has 0 saturated carbocycles. The van der Waals surface area contributed by atoms with Crippen LogP contribution in [0.15, 0.2) is 12.0 Å². The molecule has 0 aliphatic carbocycles. The number of hydrogen-bond acceptors (Lipinski definition) is 2. The molecule has 0 aromatic carbocycles. The van der Waals surface area contributed by atoms with Crippen molar-refractivity contribution in [3.8, 4) is 0 Å². The summed E-state index contributed by atoms with van der Waals surface area (Å²) in [5.74, 6) is 0.197. The summed E-state index contributed by atoms with van der Waals surface area (Å²) >= 11 is 0. The maximum Gasteiger partial charge on any atom is 0.231 e. The smallest absolute Gasteiger partial charge is 0.231 e. The molecule has 1 amide bonds. The van der Waals surface area contributed by atoms with Crippen molar-refractivity contribution in [2.75, 3.05) is 0 Å². The lowest BCUT2D eigenvalue weighted by Gasteiger charge is -2.34. The molecular weight excluding hydrogens is 118 g/mol. The van der Waals surface area contributed by atoms with E-state index in [1.807, 2.05) is 0 Å². The molecule has 0 aromatic heterocycles. The zero-order valence-corrected chi connectivity index (χ0v) is 4.87. The first-order chi connectivity index (χ1) is 4.29. The van der Waals surface area contributed by atoms with E-state index in [1.165, 1.54) is 4.90 Å². The highest BCUT2D eigenvalue weighted by Crippen LogP contribution is 2.31. The Bertz CT molecular complexity index is 197. The summed E-state index contributed by atoms with van der Waals surface area (Å²) in [7, 11) is 0. The number of nitrogens with zero attached hydrogens (tertiary/aromatic N) is 1. The fourth-order valence-corrected chi connectivity index (χ4v) is 1.33. The molecule has 1 unspecified atom stereocenters. The second kappa shape index (κ2) is 1.29. The molecule has 1 fully saturated rings. The minimum atomic E-state index is 0.0475. The van der Waals surface area contributed by atoms with Crippen molar-refractivity contribution in [3.05, 3.63) is 12.0 Å². The molecule has 1 atom stereocenters. The molecule has 2 rings (SSSR count). The van der Waals surface area contributed by atoms with E-state index in [-0.39, 0.29) is 17.8 Å². The Labute approximate surface area is 52.6 Å². The molecule has 3 nitrogen and oxygen atoms in total. The third-order valence-electron chi connectivity index (χ3n) is 1.86. The van der Waals surface area contributed by atoms with Gasteiger partial charge in [-0.05, 0) is 12.5 Å². The van der Waals surface area contributed by atoms with Crippen molar-refractivity contribution in [3.63, 3.8) is 0 Å². The zero-order chi connectivity index (χ0) is 6.43. The summed E-state index contributed by atoms with van der Waals surface area (Å²) in [4.78, 5) is 12.1. The van der Waals surface area contributed by atoms with Gasteiger partial charge < -0.3 is 5.11 Å². The van der Waals surface area contributed by atoms with Crippen LogP contribution < -0.4 is 0 Å². The molecule has 9 heavy (non-hydrogen) atoms. The van der Waals surface area contributed by atoms with Crippen molar-refractivity contribution in [1.82, 2.24) is 4.90 Å². The summed E-state index contributed by atoms with van der Waals surface area (Å²) in [5.41, 5.74) is 0. The average Bonchev–Trinajstić information content (AvgIpc) is 2.04. The van der Waals surface area contributed by atoms with Gasteiger partial charge in [0.05, 0.1) is 6.04 Å². The van der Waals surface area contributed by atoms with E-state index >= 15 is 0 Å². The van der Waals surface area contributed by atoms with Crippen LogP contribution in [0.2, 0.25) is 0 Å². The minimum absolute atomic E-state index is 0.0475. The standard InChI is InChI=1S/C6H7NO2/c8-5-2-1-4-3-6(9)7(4)5/h2,4,8H,1,3H2. The molecule has 0 aromatic rings. The van der Waals surface area contributed by atoms with E-state index < -0.39 is 0 Å². The predicted molar refractivity (Wildman–Crippen MR) is 30.6 cm³/mol. The second-order valence-electron chi connectivity index (χ2n) is 2.42. The van der Waals surface area contributed by atoms with Crippen molar-refractivity contribution < 1.29 is 9.90 Å². The summed E-state index contributed by atoms with van der Waals surface area (Å²) in [6.45, 7) is 0. The van der Waals surface area contributed by atoms with Gasteiger partial charge in [-0.25, -0.2) is 0 Å². The van der Waals surface area contributed by atoms with E-state index in [2.05, 4.69) is 0 Å². The van der Waals surface area contributed by atoms with E-state index in [4.69, 9.17) is 5.11 Å². The van der Waals surface area contributed by atoms with Crippen LogP contribution in [0.1, 0.15) is 12.8 Å². The van der Waals surface area contributed by atoms with Crippen LogP contribution in [-0.2, 0) is 4.79 Å². The second-order valence-corrected chi connectivity index (χ2v) is 2.42. The van der Waals surface area contributed by atoms with Crippen LogP contribution in [0, 0.1) is 0 Å². The third-order valence-corrected chi connectivity index (χ3v) is 1.86. The summed E-state index contributed by atoms with van der Waals surface area (Å²) in [5, 5.41) is 8.96. The molecule has 0 bridgehead atoms. The molecule has 2 aliphatic rings. The van der Waals surface area contributed by atoms with Crippen LogP contribution in [0.5, 0.6) is 0 Å². The van der Waals surface area contributed by atoms with Crippen LogP contribution in [0.4, 0.5) is 0 Å². The van der Waals surface area contributed by atoms with Crippen molar-refractivity contribution in [2.24, 2.45) is 0 Å². The molecular formula is C6H7NO2. The minimum Gasteiger partial charge on any atom is -0.495 e. The molecule has 48 valence electrons. The number of carbonyl (C=O) groups is 1. The Balaban J connectivity index is 2.24. The van der Waals surface area contributed by atoms with Gasteiger partial charge in [0.25, 0.3) is 0 Å². The summed E-state index contributed by atoms with van der Waals surface area (Å²) < 4.78 is 0. The number of amides is 1. The summed E-state index contributed by atoms with van der Waals surface area (Å²) in [6.07, 6.45) is 3.13. The first kappa shape index (κ1) is 4.85. The predicted octanol–water partition coefficient (Wildman–Crippen LogP) is 0.390. The SMILES string of the molecule is O=C1CC2CC=C(O)N12. The van der Waals surface area contributed by atoms with Crippen LogP contribution in [0.3, 0.4) is 0 Å². The van der Waals surface area contributed by atoms with Crippen LogP contribution in [0.25, 0.3) is 0 Å². The van der Waals surface area contributed by atoms with Gasteiger partial charge in [-0.2, -0.15) is 0 Å². The van der Waals surface area contributed by atoms with Crippen LogP contribution in [-0.4, -0.2) is 22.0 Å². The van der Waals surface area contributed by atoms with Crippen molar-refractivity contribution >= 4 is 5.91 Å². The zero-order valence-electron chi connectivity index (χ0n) is 4.87. The Morgan fingerprint density at radius 2 is 2.56 bits per heavy atom. The van der Waals surface area contributed by atoms with Gasteiger partial charge in [0.2, 0.25) is 5.91 Å². The van der Waals surface area contributed by atoms with Gasteiger partial charge in [-0.3, -0.25) is 9.69 Å². The number of aliphatic hydroxyl groups excluding tert-OH is 1. The highest BCUT2D eigenvalue weighted by molar-refractivity contribution is 5.85. The number of rotatable bonds is 0. The third kappa shape index (κ3) is 0.439. The Hall–Kier alpha value is -0.990. The number of fused-ring (bicyclic) bond motifs is 1. The lowest BCUT2D eigenvalue weighted by molar-refractivity contribution is -0.143. The Morgan fingerprint density at radius 1 is 1.78 bits per heavy atom. The monoisotopic (exact) mass is 125 g/mol. The molecule has 3 heteroatoms. The molecule has 0 radical (unpaired) electrons. The van der Waals surface area contributed by atoms with Gasteiger partial charge in [0.15, 0.2) is 5.88 Å². The lowest BCUT2D eigenvalue weighted by atomic mass is 10.0. The first-order valence-corrected chi connectivity index (χ1v) is 3.00. The molecule has 1 N–H and O–H groups in total. The van der Waals surface area contributed by atoms with Gasteiger partial charge in [-0.1, -0.05) is 0 Å². The summed E-state index contributed by atoms with van der Waals surface area (Å²) in [6, 6.07) is 0.289. The lowest BCUT2D eigenvalue weighted by Crippen LogP contribution is -2.48. The maximum atomic E-state index is 10.6. The molecule has 1 saturated heterocycles. The maximum absolute atomic E-state index is 10.6. The van der Waals surface area contributed by atoms with Crippen molar-refractivity contribution in [2.45, 2.75) is 18.9 Å². The normalized spacial score (nSPS) is 31.6. The van der Waals surface area contributed by atoms with Gasteiger partial charge in [0, 0.05) is 6.42 Å². The fraction of sp³-hybridized carbons (Fsp3) is 0.500. The van der Waals surface area contributed by atoms with Crippen LogP contribution >= 0.6 is 0 Å². The molecule has 2 heterocycles. The fourth-order valence-electron chi connectivity index (χ4n) is 1.33. The number of β-lactam (4-membered cyclic amide) rings is 1. The van der Waals surface area contributed by atoms with Crippen molar-refractivity contribution in [1.29, 1.82) is 0 Å². The largest absolute Gasteiger partial charge is 0.495 e. The Kier molecular flexibility index (Phi) is 0.695. The first-order valence-electron chi connectivity index (χ1n) is 3.00. The van der Waals surface area contributed by atoms with E-state index in [9.17, 15) is 4.79 Å². The van der Waals surface area contributed by atoms with Gasteiger partial charge in [-0.15, -0.1) is 0 Å². The highest BCUT2D eigenvalue weighted by Gasteiger charge is 2.41. The number of carbonyl (C=O) groups excluding carboxylic acids is 1. The van der Waals surface area contributed by atoms with E-state index in [0.717, 1.165) is 6.42 Å². The average molecular weight is 125 g/mol. The van der Waals surface area contributed by atoms with Gasteiger partial charge >= 0.3 is 0 Å². The van der Waals surface area contributed by atoms with Gasteiger partial charge in [0.1, 0.15) is 0 Å². The Morgan fingerprint density at radius 3 is 3.00 bits per heavy atom. The molecule has 2 aliphatic heterocycles. The quantitative estimate of drug-likeness (QED) is 0.476. The topological polar surface area (TPSA) is 40.5 Å². The number of hydrogen-bond donors (Lipinski definition) is 1.